The normalized spacial score (nSPS) is 11.4. The topological polar surface area (TPSA) is 70.9 Å². The third-order valence-corrected chi connectivity index (χ3v) is 5.55. The predicted octanol–water partition coefficient (Wildman–Crippen LogP) is 6.48. The minimum Gasteiger partial charge on any atom is -0.493 e. The van der Waals surface area contributed by atoms with E-state index < -0.39 is 0 Å². The molecular weight excluding hydrogens is 422 g/mol. The zero-order valence-electron chi connectivity index (χ0n) is 18.1. The van der Waals surface area contributed by atoms with Crippen molar-refractivity contribution < 1.29 is 9.47 Å². The lowest BCUT2D eigenvalue weighted by atomic mass is 10.1. The maximum absolute atomic E-state index is 9.86. The number of rotatable bonds is 6. The number of nitrogens with zero attached hydrogens (tertiary/aromatic N) is 2. The number of halogens is 1. The highest BCUT2D eigenvalue weighted by Gasteiger charge is 2.14. The van der Waals surface area contributed by atoms with E-state index in [0.717, 1.165) is 27.7 Å². The number of hydrogen-bond acceptors (Lipinski definition) is 4. The quantitative estimate of drug-likeness (QED) is 0.346. The summed E-state index contributed by atoms with van der Waals surface area (Å²) in [6.07, 6.45) is 1.76. The Morgan fingerprint density at radius 1 is 1.12 bits per heavy atom. The lowest BCUT2D eigenvalue weighted by Crippen LogP contribution is -1.99. The first-order valence-electron chi connectivity index (χ1n) is 10.1. The van der Waals surface area contributed by atoms with E-state index in [9.17, 15) is 5.26 Å². The first kappa shape index (κ1) is 21.5. The number of para-hydroxylation sites is 1. The average Bonchev–Trinajstić information content (AvgIpc) is 3.19. The molecule has 4 rings (SSSR count). The molecule has 0 spiro atoms. The molecule has 0 unspecified atom stereocenters. The van der Waals surface area contributed by atoms with E-state index >= 15 is 0 Å². The molecular formula is C26H22ClN3O2. The fourth-order valence-electron chi connectivity index (χ4n) is 3.40. The third kappa shape index (κ3) is 4.46. The highest BCUT2D eigenvalue weighted by atomic mass is 35.5. The van der Waals surface area contributed by atoms with Crippen LogP contribution < -0.4 is 9.47 Å². The van der Waals surface area contributed by atoms with Crippen molar-refractivity contribution in [1.82, 2.24) is 9.97 Å². The summed E-state index contributed by atoms with van der Waals surface area (Å²) >= 11 is 5.97. The van der Waals surface area contributed by atoms with Crippen LogP contribution in [0, 0.1) is 25.2 Å². The zero-order valence-corrected chi connectivity index (χ0v) is 18.8. The van der Waals surface area contributed by atoms with E-state index in [0.29, 0.717) is 34.5 Å². The molecule has 0 fully saturated rings. The highest BCUT2D eigenvalue weighted by Crippen LogP contribution is 2.34. The van der Waals surface area contributed by atoms with Crippen molar-refractivity contribution in [3.8, 4) is 17.6 Å². The molecule has 6 heteroatoms. The van der Waals surface area contributed by atoms with Gasteiger partial charge in [-0.05, 0) is 66.9 Å². The van der Waals surface area contributed by atoms with Gasteiger partial charge in [0.05, 0.1) is 23.7 Å². The van der Waals surface area contributed by atoms with E-state index in [2.05, 4.69) is 23.0 Å². The van der Waals surface area contributed by atoms with Gasteiger partial charge in [0.25, 0.3) is 0 Å². The molecule has 0 aliphatic carbocycles. The lowest BCUT2D eigenvalue weighted by molar-refractivity contribution is 0.284. The number of ether oxygens (including phenoxy) is 2. The second kappa shape index (κ2) is 9.17. The molecule has 0 amide bonds. The molecule has 0 bridgehead atoms. The lowest BCUT2D eigenvalue weighted by Gasteiger charge is -2.14. The molecule has 1 N–H and O–H groups in total. The zero-order chi connectivity index (χ0) is 22.7. The summed E-state index contributed by atoms with van der Waals surface area (Å²) in [5, 5.41) is 10.5. The molecule has 0 saturated heterocycles. The minimum absolute atomic E-state index is 0.337. The minimum atomic E-state index is 0.337. The van der Waals surface area contributed by atoms with Crippen LogP contribution in [0.25, 0.3) is 22.7 Å². The van der Waals surface area contributed by atoms with Crippen molar-refractivity contribution in [2.45, 2.75) is 20.5 Å². The van der Waals surface area contributed by atoms with E-state index in [1.54, 1.807) is 13.2 Å². The molecule has 160 valence electrons. The van der Waals surface area contributed by atoms with Crippen molar-refractivity contribution in [3.63, 3.8) is 0 Å². The number of aromatic amines is 1. The number of fused-ring (bicyclic) bond motifs is 1. The molecule has 1 aromatic heterocycles. The van der Waals surface area contributed by atoms with Gasteiger partial charge in [-0.25, -0.2) is 4.98 Å². The van der Waals surface area contributed by atoms with Gasteiger partial charge < -0.3 is 14.5 Å². The van der Waals surface area contributed by atoms with Crippen LogP contribution in [0.15, 0.2) is 54.6 Å². The Morgan fingerprint density at radius 2 is 1.88 bits per heavy atom. The number of benzene rings is 3. The van der Waals surface area contributed by atoms with Crippen LogP contribution in [-0.2, 0) is 6.61 Å². The summed E-state index contributed by atoms with van der Waals surface area (Å²) in [4.78, 5) is 7.88. The predicted molar refractivity (Wildman–Crippen MR) is 128 cm³/mol. The third-order valence-electron chi connectivity index (χ3n) is 5.30. The smallest absolute Gasteiger partial charge is 0.168 e. The van der Waals surface area contributed by atoms with Crippen molar-refractivity contribution >= 4 is 34.3 Å². The Bertz CT molecular complexity index is 1310. The summed E-state index contributed by atoms with van der Waals surface area (Å²) in [7, 11) is 1.59. The number of aromatic nitrogens is 2. The van der Waals surface area contributed by atoms with Gasteiger partial charge in [-0.15, -0.1) is 0 Å². The number of H-pyrrole nitrogens is 1. The Labute approximate surface area is 191 Å². The highest BCUT2D eigenvalue weighted by molar-refractivity contribution is 6.30. The fraction of sp³-hybridized carbons (Fsp3) is 0.154. The van der Waals surface area contributed by atoms with Crippen LogP contribution in [0.3, 0.4) is 0 Å². The Kier molecular flexibility index (Phi) is 6.16. The second-order valence-electron chi connectivity index (χ2n) is 7.50. The second-order valence-corrected chi connectivity index (χ2v) is 7.94. The number of methoxy groups -OCH3 is 1. The van der Waals surface area contributed by atoms with E-state index in [1.807, 2.05) is 61.5 Å². The maximum Gasteiger partial charge on any atom is 0.168 e. The first-order chi connectivity index (χ1) is 15.5. The molecule has 0 atom stereocenters. The van der Waals surface area contributed by atoms with Crippen molar-refractivity contribution in [3.05, 3.63) is 87.7 Å². The summed E-state index contributed by atoms with van der Waals surface area (Å²) in [5.41, 5.74) is 6.15. The Hall–Kier alpha value is -3.75. The number of aryl methyl sites for hydroxylation is 2. The van der Waals surface area contributed by atoms with Gasteiger partial charge in [-0.3, -0.25) is 0 Å². The van der Waals surface area contributed by atoms with Gasteiger partial charge in [0.15, 0.2) is 11.5 Å². The molecule has 4 aromatic rings. The van der Waals surface area contributed by atoms with E-state index in [-0.39, 0.29) is 0 Å². The first-order valence-corrected chi connectivity index (χ1v) is 10.5. The molecule has 5 nitrogen and oxygen atoms in total. The number of imidazole rings is 1. The van der Waals surface area contributed by atoms with Crippen LogP contribution in [0.2, 0.25) is 5.02 Å². The van der Waals surface area contributed by atoms with Crippen LogP contribution in [-0.4, -0.2) is 17.1 Å². The molecule has 3 aromatic carbocycles. The van der Waals surface area contributed by atoms with Gasteiger partial charge >= 0.3 is 0 Å². The number of hydrogen-bond donors (Lipinski definition) is 1. The number of allylic oxidation sites excluding steroid dienone is 1. The van der Waals surface area contributed by atoms with Crippen molar-refractivity contribution in [1.29, 1.82) is 5.26 Å². The Morgan fingerprint density at radius 3 is 2.59 bits per heavy atom. The summed E-state index contributed by atoms with van der Waals surface area (Å²) < 4.78 is 11.6. The van der Waals surface area contributed by atoms with Gasteiger partial charge in [-0.2, -0.15) is 5.26 Å². The molecule has 0 radical (unpaired) electrons. The summed E-state index contributed by atoms with van der Waals surface area (Å²) in [5.74, 6) is 1.65. The summed E-state index contributed by atoms with van der Waals surface area (Å²) in [6.45, 7) is 4.44. The maximum atomic E-state index is 9.86. The van der Waals surface area contributed by atoms with Crippen molar-refractivity contribution in [2.24, 2.45) is 0 Å². The van der Waals surface area contributed by atoms with Gasteiger partial charge in [0, 0.05) is 10.6 Å². The van der Waals surface area contributed by atoms with E-state index in [1.165, 1.54) is 5.56 Å². The standard InChI is InChI=1S/C26H22ClN3O2/c1-16-11-22-23(12-17(16)2)30-26(29-22)20(14-28)13-19-5-4-6-24(31-3)25(19)32-15-18-7-9-21(27)10-8-18/h4-13H,15H2,1-3H3,(H,29,30). The fourth-order valence-corrected chi connectivity index (χ4v) is 3.53. The van der Waals surface area contributed by atoms with Crippen LogP contribution in [0.5, 0.6) is 11.5 Å². The average molecular weight is 444 g/mol. The SMILES string of the molecule is COc1cccc(C=C(C#N)c2nc3cc(C)c(C)cc3[nH]2)c1OCc1ccc(Cl)cc1. The Balaban J connectivity index is 1.71. The number of nitriles is 1. The monoisotopic (exact) mass is 443 g/mol. The van der Waals surface area contributed by atoms with E-state index in [4.69, 9.17) is 21.1 Å². The van der Waals surface area contributed by atoms with Crippen LogP contribution >= 0.6 is 11.6 Å². The largest absolute Gasteiger partial charge is 0.493 e. The van der Waals surface area contributed by atoms with Gasteiger partial charge in [0.1, 0.15) is 18.5 Å². The summed E-state index contributed by atoms with van der Waals surface area (Å²) in [6, 6.07) is 19.4. The van der Waals surface area contributed by atoms with Gasteiger partial charge in [-0.1, -0.05) is 35.9 Å². The number of nitrogens with one attached hydrogen (secondary N) is 1. The molecule has 0 aliphatic heterocycles. The van der Waals surface area contributed by atoms with Crippen LogP contribution in [0.1, 0.15) is 28.1 Å². The molecule has 1 heterocycles. The molecule has 32 heavy (non-hydrogen) atoms. The van der Waals surface area contributed by atoms with Gasteiger partial charge in [0.2, 0.25) is 0 Å². The molecule has 0 aliphatic rings. The van der Waals surface area contributed by atoms with Crippen molar-refractivity contribution in [2.75, 3.05) is 7.11 Å². The van der Waals surface area contributed by atoms with Crippen LogP contribution in [0.4, 0.5) is 0 Å². The molecule has 0 saturated carbocycles.